The Labute approximate surface area is 209 Å². The molecule has 0 aliphatic rings. The van der Waals surface area contributed by atoms with E-state index in [1.807, 2.05) is 66.7 Å². The van der Waals surface area contributed by atoms with Crippen molar-refractivity contribution in [1.82, 2.24) is 15.5 Å². The Hall–Kier alpha value is -4.46. The first-order valence-electron chi connectivity index (χ1n) is 11.7. The van der Waals surface area contributed by atoms with Crippen molar-refractivity contribution in [1.29, 1.82) is 0 Å². The number of rotatable bonds is 10. The Morgan fingerprint density at radius 1 is 0.861 bits per heavy atom. The first kappa shape index (κ1) is 24.7. The van der Waals surface area contributed by atoms with Crippen LogP contribution in [0.2, 0.25) is 0 Å². The van der Waals surface area contributed by atoms with Crippen molar-refractivity contribution in [2.24, 2.45) is 5.92 Å². The third-order valence-electron chi connectivity index (χ3n) is 5.75. The van der Waals surface area contributed by atoms with E-state index in [4.69, 9.17) is 9.52 Å². The number of carbonyl (C=O) groups excluding carboxylic acids is 1. The molecule has 2 atom stereocenters. The van der Waals surface area contributed by atoms with Gasteiger partial charge in [0.15, 0.2) is 0 Å². The van der Waals surface area contributed by atoms with E-state index in [1.165, 1.54) is 6.92 Å². The Bertz CT molecular complexity index is 1300. The van der Waals surface area contributed by atoms with Gasteiger partial charge in [-0.15, -0.1) is 10.2 Å². The highest BCUT2D eigenvalue weighted by molar-refractivity contribution is 5.96. The third kappa shape index (κ3) is 6.35. The standard InChI is InChI=1S/C28H28N4O4/c1-18(16-20-8-10-21(11-9-20)25(33)30-19(2)28(34)35)17-29-24-14-12-23(13-15-24)27-32-31-26(36-27)22-6-4-3-5-7-22/h3-15,18-19,29H,16-17H2,1-2H3,(H,30,33)(H,34,35)/t18?,19-/m1/s1. The molecule has 36 heavy (non-hydrogen) atoms. The molecule has 0 aliphatic heterocycles. The molecule has 0 radical (unpaired) electrons. The van der Waals surface area contributed by atoms with Crippen LogP contribution in [0, 0.1) is 5.92 Å². The van der Waals surface area contributed by atoms with Gasteiger partial charge in [-0.2, -0.15) is 0 Å². The van der Waals surface area contributed by atoms with Gasteiger partial charge in [0.25, 0.3) is 5.91 Å². The lowest BCUT2D eigenvalue weighted by Gasteiger charge is -2.14. The lowest BCUT2D eigenvalue weighted by molar-refractivity contribution is -0.138. The van der Waals surface area contributed by atoms with E-state index in [0.29, 0.717) is 23.3 Å². The molecule has 4 aromatic rings. The van der Waals surface area contributed by atoms with Gasteiger partial charge in [-0.3, -0.25) is 9.59 Å². The van der Waals surface area contributed by atoms with Gasteiger partial charge in [0.05, 0.1) is 0 Å². The van der Waals surface area contributed by atoms with Gasteiger partial charge in [0, 0.05) is 28.9 Å². The second kappa shape index (κ2) is 11.3. The van der Waals surface area contributed by atoms with Gasteiger partial charge in [-0.05, 0) is 73.4 Å². The minimum atomic E-state index is -1.07. The van der Waals surface area contributed by atoms with Crippen LogP contribution in [0.1, 0.15) is 29.8 Å². The van der Waals surface area contributed by atoms with Crippen molar-refractivity contribution in [2.45, 2.75) is 26.3 Å². The molecule has 0 spiro atoms. The Morgan fingerprint density at radius 2 is 1.47 bits per heavy atom. The van der Waals surface area contributed by atoms with Crippen LogP contribution in [0.5, 0.6) is 0 Å². The molecule has 3 aromatic carbocycles. The lowest BCUT2D eigenvalue weighted by Crippen LogP contribution is -2.38. The minimum absolute atomic E-state index is 0.348. The third-order valence-corrected chi connectivity index (χ3v) is 5.75. The highest BCUT2D eigenvalue weighted by Gasteiger charge is 2.15. The van der Waals surface area contributed by atoms with E-state index in [0.717, 1.165) is 35.3 Å². The fourth-order valence-electron chi connectivity index (χ4n) is 3.67. The molecule has 1 aromatic heterocycles. The summed E-state index contributed by atoms with van der Waals surface area (Å²) in [4.78, 5) is 23.0. The number of carboxylic acids is 1. The Kier molecular flexibility index (Phi) is 7.75. The summed E-state index contributed by atoms with van der Waals surface area (Å²) in [5, 5.41) is 23.1. The van der Waals surface area contributed by atoms with E-state index < -0.39 is 17.9 Å². The summed E-state index contributed by atoms with van der Waals surface area (Å²) in [7, 11) is 0. The number of carbonyl (C=O) groups is 2. The maximum Gasteiger partial charge on any atom is 0.325 e. The van der Waals surface area contributed by atoms with Crippen LogP contribution in [0.4, 0.5) is 5.69 Å². The number of aliphatic carboxylic acids is 1. The summed E-state index contributed by atoms with van der Waals surface area (Å²) >= 11 is 0. The smallest absolute Gasteiger partial charge is 0.325 e. The van der Waals surface area contributed by atoms with Crippen molar-refractivity contribution in [3.8, 4) is 22.9 Å². The molecule has 0 bridgehead atoms. The zero-order valence-corrected chi connectivity index (χ0v) is 20.1. The van der Waals surface area contributed by atoms with Crippen LogP contribution in [0.3, 0.4) is 0 Å². The lowest BCUT2D eigenvalue weighted by atomic mass is 9.99. The highest BCUT2D eigenvalue weighted by atomic mass is 16.4. The normalized spacial score (nSPS) is 12.5. The van der Waals surface area contributed by atoms with Crippen LogP contribution < -0.4 is 10.6 Å². The summed E-state index contributed by atoms with van der Waals surface area (Å²) in [5.41, 5.74) is 4.27. The number of nitrogens with one attached hydrogen (secondary N) is 2. The molecule has 0 saturated heterocycles. The molecule has 1 amide bonds. The number of hydrogen-bond donors (Lipinski definition) is 3. The van der Waals surface area contributed by atoms with Crippen LogP contribution >= 0.6 is 0 Å². The summed E-state index contributed by atoms with van der Waals surface area (Å²) < 4.78 is 5.82. The summed E-state index contributed by atoms with van der Waals surface area (Å²) in [6, 6.07) is 23.8. The molecule has 4 rings (SSSR count). The van der Waals surface area contributed by atoms with Crippen LogP contribution in [0.15, 0.2) is 83.3 Å². The van der Waals surface area contributed by atoms with Crippen molar-refractivity contribution < 1.29 is 19.1 Å². The Balaban J connectivity index is 1.27. The zero-order chi connectivity index (χ0) is 25.5. The van der Waals surface area contributed by atoms with Crippen LogP contribution in [-0.2, 0) is 11.2 Å². The monoisotopic (exact) mass is 484 g/mol. The molecule has 0 fully saturated rings. The molecule has 1 unspecified atom stereocenters. The summed E-state index contributed by atoms with van der Waals surface area (Å²) in [6.07, 6.45) is 0.836. The van der Waals surface area contributed by atoms with Gasteiger partial charge in [0.2, 0.25) is 11.8 Å². The topological polar surface area (TPSA) is 117 Å². The van der Waals surface area contributed by atoms with Crippen LogP contribution in [-0.4, -0.2) is 39.8 Å². The number of benzene rings is 3. The molecule has 1 heterocycles. The molecule has 0 saturated carbocycles. The fourth-order valence-corrected chi connectivity index (χ4v) is 3.67. The average Bonchev–Trinajstić information content (AvgIpc) is 3.39. The zero-order valence-electron chi connectivity index (χ0n) is 20.1. The first-order valence-corrected chi connectivity index (χ1v) is 11.7. The summed E-state index contributed by atoms with van der Waals surface area (Å²) in [5.74, 6) is -0.150. The van der Waals surface area contributed by atoms with Crippen molar-refractivity contribution in [3.63, 3.8) is 0 Å². The van der Waals surface area contributed by atoms with Crippen molar-refractivity contribution in [2.75, 3.05) is 11.9 Å². The Morgan fingerprint density at radius 3 is 2.08 bits per heavy atom. The molecule has 184 valence electrons. The average molecular weight is 485 g/mol. The number of anilines is 1. The largest absolute Gasteiger partial charge is 0.480 e. The molecular weight excluding hydrogens is 456 g/mol. The van der Waals surface area contributed by atoms with E-state index >= 15 is 0 Å². The molecule has 0 aliphatic carbocycles. The number of hydrogen-bond acceptors (Lipinski definition) is 6. The van der Waals surface area contributed by atoms with Crippen molar-refractivity contribution >= 4 is 17.6 Å². The van der Waals surface area contributed by atoms with E-state index in [1.54, 1.807) is 12.1 Å². The predicted molar refractivity (Wildman–Crippen MR) is 138 cm³/mol. The van der Waals surface area contributed by atoms with Gasteiger partial charge < -0.3 is 20.2 Å². The molecule has 8 nitrogen and oxygen atoms in total. The van der Waals surface area contributed by atoms with E-state index in [9.17, 15) is 9.59 Å². The SMILES string of the molecule is CC(CNc1ccc(-c2nnc(-c3ccccc3)o2)cc1)Cc1ccc(C(=O)N[C@H](C)C(=O)O)cc1. The van der Waals surface area contributed by atoms with Gasteiger partial charge >= 0.3 is 5.97 Å². The van der Waals surface area contributed by atoms with Crippen LogP contribution in [0.25, 0.3) is 22.9 Å². The highest BCUT2D eigenvalue weighted by Crippen LogP contribution is 2.25. The fraction of sp³-hybridized carbons (Fsp3) is 0.214. The van der Waals surface area contributed by atoms with Gasteiger partial charge in [0.1, 0.15) is 6.04 Å². The maximum absolute atomic E-state index is 12.1. The second-order valence-corrected chi connectivity index (χ2v) is 8.78. The van der Waals surface area contributed by atoms with Crippen molar-refractivity contribution in [3.05, 3.63) is 90.0 Å². The maximum atomic E-state index is 12.1. The quantitative estimate of drug-likeness (QED) is 0.293. The molecular formula is C28H28N4O4. The van der Waals surface area contributed by atoms with Gasteiger partial charge in [-0.25, -0.2) is 0 Å². The van der Waals surface area contributed by atoms with E-state index in [2.05, 4.69) is 27.8 Å². The molecule has 3 N–H and O–H groups in total. The number of aromatic nitrogens is 2. The number of carboxylic acid groups (broad SMARTS) is 1. The number of amides is 1. The predicted octanol–water partition coefficient (Wildman–Crippen LogP) is 4.90. The van der Waals surface area contributed by atoms with Gasteiger partial charge in [-0.1, -0.05) is 37.3 Å². The number of nitrogens with zero attached hydrogens (tertiary/aromatic N) is 2. The molecule has 8 heteroatoms. The first-order chi connectivity index (χ1) is 17.4. The van der Waals surface area contributed by atoms with E-state index in [-0.39, 0.29) is 0 Å². The summed E-state index contributed by atoms with van der Waals surface area (Å²) in [6.45, 7) is 4.36. The second-order valence-electron chi connectivity index (χ2n) is 8.78. The minimum Gasteiger partial charge on any atom is -0.480 e.